The molecule has 28 heteroatoms. The van der Waals surface area contributed by atoms with Crippen molar-refractivity contribution in [1.29, 1.82) is 0 Å². The Hall–Kier alpha value is -7.53. The summed E-state index contributed by atoms with van der Waals surface area (Å²) in [5.41, 5.74) is 13.8. The average Bonchev–Trinajstić information content (AvgIpc) is 3.81. The van der Waals surface area contributed by atoms with Crippen molar-refractivity contribution in [2.45, 2.75) is 101 Å². The minimum absolute atomic E-state index is 0.00871. The lowest BCUT2D eigenvalue weighted by Gasteiger charge is -2.33. The summed E-state index contributed by atoms with van der Waals surface area (Å²) in [5.74, 6) is -11.0. The number of aliphatic carboxylic acids is 2. The minimum atomic E-state index is -4.80. The molecule has 0 fully saturated rings. The number of H-pyrrole nitrogens is 1. The van der Waals surface area contributed by atoms with Gasteiger partial charge in [0.25, 0.3) is 5.91 Å². The highest BCUT2D eigenvalue weighted by Gasteiger charge is 2.40. The number of fused-ring (bicyclic) bond motifs is 1. The van der Waals surface area contributed by atoms with Crippen LogP contribution in [0.1, 0.15) is 55.7 Å². The second kappa shape index (κ2) is 30.4. The number of hydrogen-bond acceptors (Lipinski definition) is 16. The molecule has 7 atom stereocenters. The summed E-state index contributed by atoms with van der Waals surface area (Å²) in [6.07, 6.45) is 1.56. The molecule has 0 aliphatic rings. The highest BCUT2D eigenvalue weighted by atomic mass is 32.3. The molecule has 0 bridgehead atoms. The number of carbonyl (C=O) groups is 10. The maximum absolute atomic E-state index is 14.9. The number of hydrogen-bond donors (Lipinski definition) is 11. The average molecular weight is 1140 g/mol. The second-order valence-electron chi connectivity index (χ2n) is 17.8. The lowest BCUT2D eigenvalue weighted by molar-refractivity contribution is -0.155. The summed E-state index contributed by atoms with van der Waals surface area (Å²) in [6, 6.07) is 9.61. The standard InChI is InChI=1S/C50H63N9O16S3/c1-28(54-46(67)36(19-21-76-2)55-45(66)34(51)23-30-13-15-32(16-14-30)75-78(72,73)74)50(71)59(41(60)17-18-42(61)62)40(25-31-27-53-35-12-8-7-11-33(31)35)49(70)56-37(20-22-77-3)47(68)58-39(26-43(63)64)48(69)57-38(44(52)65)24-29-9-5-4-6-10-29/h4-16,27-28,34,36-40,53H,17-26,51H2,1-3H3,(H2,52,65)(H,54,67)(H,55,66)(H,56,70)(H,57,69)(H,58,68)(H,61,62)(H,63,64)(H,72,73,74)/t28-,34+,36+,37+,38+,39+,40+/m1/s1. The van der Waals surface area contributed by atoms with Gasteiger partial charge in [-0.3, -0.25) is 57.4 Å². The van der Waals surface area contributed by atoms with Crippen LogP contribution in [0.5, 0.6) is 5.75 Å². The topological polar surface area (TPSA) is 406 Å². The summed E-state index contributed by atoms with van der Waals surface area (Å²) < 4.78 is 35.5. The molecule has 0 unspecified atom stereocenters. The van der Waals surface area contributed by atoms with Gasteiger partial charge in [-0.15, -0.1) is 0 Å². The number of benzene rings is 3. The van der Waals surface area contributed by atoms with Gasteiger partial charge in [0.05, 0.1) is 18.9 Å². The van der Waals surface area contributed by atoms with Crippen LogP contribution < -0.4 is 42.2 Å². The maximum atomic E-state index is 14.9. The Morgan fingerprint density at radius 3 is 1.77 bits per heavy atom. The van der Waals surface area contributed by atoms with Gasteiger partial charge in [-0.05, 0) is 85.1 Å². The normalized spacial score (nSPS) is 14.0. The molecule has 3 aromatic carbocycles. The molecule has 8 amide bonds. The Morgan fingerprint density at radius 1 is 0.654 bits per heavy atom. The van der Waals surface area contributed by atoms with Crippen molar-refractivity contribution in [2.75, 3.05) is 24.0 Å². The summed E-state index contributed by atoms with van der Waals surface area (Å²) in [7, 11) is -4.80. The Balaban J connectivity index is 1.67. The van der Waals surface area contributed by atoms with E-state index in [2.05, 4.69) is 35.8 Å². The van der Waals surface area contributed by atoms with E-state index in [1.807, 2.05) is 0 Å². The third-order valence-electron chi connectivity index (χ3n) is 11.8. The summed E-state index contributed by atoms with van der Waals surface area (Å²) in [4.78, 5) is 139. The van der Waals surface area contributed by atoms with Crippen LogP contribution in [0.3, 0.4) is 0 Å². The largest absolute Gasteiger partial charge is 0.481 e. The van der Waals surface area contributed by atoms with Gasteiger partial charge < -0.3 is 57.4 Å². The quantitative estimate of drug-likeness (QED) is 0.0291. The molecule has 0 saturated heterocycles. The smallest absolute Gasteiger partial charge is 0.446 e. The third-order valence-corrected chi connectivity index (χ3v) is 13.5. The van der Waals surface area contributed by atoms with Crippen LogP contribution in [0.4, 0.5) is 0 Å². The third kappa shape index (κ3) is 20.1. The Morgan fingerprint density at radius 2 is 1.19 bits per heavy atom. The van der Waals surface area contributed by atoms with Crippen LogP contribution in [0, 0.1) is 0 Å². The van der Waals surface area contributed by atoms with E-state index in [-0.39, 0.29) is 37.2 Å². The number of aromatic nitrogens is 1. The number of carboxylic acids is 2. The molecule has 78 heavy (non-hydrogen) atoms. The molecule has 4 aromatic rings. The van der Waals surface area contributed by atoms with Crippen molar-refractivity contribution < 1.29 is 75.3 Å². The van der Waals surface area contributed by atoms with Crippen molar-refractivity contribution in [1.82, 2.24) is 36.5 Å². The molecule has 4 rings (SSSR count). The van der Waals surface area contributed by atoms with Gasteiger partial charge in [0.15, 0.2) is 0 Å². The zero-order chi connectivity index (χ0) is 57.7. The number of carboxylic acid groups (broad SMARTS) is 2. The van der Waals surface area contributed by atoms with Crippen molar-refractivity contribution in [3.05, 3.63) is 102 Å². The van der Waals surface area contributed by atoms with Gasteiger partial charge in [0.1, 0.15) is 42.0 Å². The molecule has 422 valence electrons. The Bertz CT molecular complexity index is 2890. The van der Waals surface area contributed by atoms with Gasteiger partial charge in [0, 0.05) is 36.4 Å². The molecule has 0 aliphatic heterocycles. The SMILES string of the molecule is CSCC[C@H](NC(=O)[C@@H](N)Cc1ccc(OS(=O)(=O)O)cc1)C(=O)N[C@H](C)C(=O)N(C(=O)CCC(=O)O)[C@@H](Cc1c[nH]c2ccccc12)C(=O)N[C@@H](CCSC)C(=O)N[C@@H](CC(=O)O)C(=O)N[C@@H](Cc1ccccc1)C(N)=O. The van der Waals surface area contributed by atoms with E-state index in [1.54, 1.807) is 67.1 Å². The van der Waals surface area contributed by atoms with E-state index in [9.17, 15) is 66.6 Å². The monoisotopic (exact) mass is 1140 g/mol. The molecule has 1 heterocycles. The second-order valence-corrected chi connectivity index (χ2v) is 20.8. The fourth-order valence-electron chi connectivity index (χ4n) is 7.89. The first-order chi connectivity index (χ1) is 36.9. The lowest BCUT2D eigenvalue weighted by atomic mass is 10.0. The van der Waals surface area contributed by atoms with Gasteiger partial charge in [-0.25, -0.2) is 0 Å². The molecule has 0 spiro atoms. The van der Waals surface area contributed by atoms with Crippen LogP contribution >= 0.6 is 23.5 Å². The molecular weight excluding hydrogens is 1080 g/mol. The van der Waals surface area contributed by atoms with Gasteiger partial charge in [0.2, 0.25) is 41.4 Å². The van der Waals surface area contributed by atoms with Crippen molar-refractivity contribution in [2.24, 2.45) is 11.5 Å². The summed E-state index contributed by atoms with van der Waals surface area (Å²) in [6.45, 7) is 1.19. The Labute approximate surface area is 457 Å². The van der Waals surface area contributed by atoms with Crippen molar-refractivity contribution >= 4 is 104 Å². The number of rotatable bonds is 32. The molecule has 0 saturated carbocycles. The van der Waals surface area contributed by atoms with E-state index in [1.165, 1.54) is 60.9 Å². The van der Waals surface area contributed by atoms with E-state index in [0.29, 0.717) is 38.2 Å². The number of thioether (sulfide) groups is 2. The summed E-state index contributed by atoms with van der Waals surface area (Å²) in [5, 5.41) is 32.3. The maximum Gasteiger partial charge on any atom is 0.446 e. The van der Waals surface area contributed by atoms with Crippen LogP contribution in [-0.4, -0.2) is 159 Å². The molecule has 25 nitrogen and oxygen atoms in total. The molecule has 1 aromatic heterocycles. The predicted molar refractivity (Wildman–Crippen MR) is 288 cm³/mol. The molecule has 13 N–H and O–H groups in total. The van der Waals surface area contributed by atoms with E-state index in [0.717, 1.165) is 0 Å². The summed E-state index contributed by atoms with van der Waals surface area (Å²) >= 11 is 2.57. The Kier molecular flexibility index (Phi) is 24.6. The highest BCUT2D eigenvalue weighted by Crippen LogP contribution is 2.23. The van der Waals surface area contributed by atoms with Gasteiger partial charge in [-0.1, -0.05) is 60.7 Å². The van der Waals surface area contributed by atoms with Crippen LogP contribution in [-0.2, 0) is 77.6 Å². The first-order valence-electron chi connectivity index (χ1n) is 24.1. The number of nitrogens with zero attached hydrogens (tertiary/aromatic N) is 1. The number of carbonyl (C=O) groups excluding carboxylic acids is 8. The number of primary amides is 1. The predicted octanol–water partition coefficient (Wildman–Crippen LogP) is 0.203. The zero-order valence-electron chi connectivity index (χ0n) is 42.7. The number of amides is 8. The van der Waals surface area contributed by atoms with Crippen LogP contribution in [0.15, 0.2) is 85.1 Å². The van der Waals surface area contributed by atoms with Crippen molar-refractivity contribution in [3.63, 3.8) is 0 Å². The molecular formula is C50H63N9O16S3. The van der Waals surface area contributed by atoms with E-state index < -0.39 is 138 Å². The van der Waals surface area contributed by atoms with Gasteiger partial charge in [-0.2, -0.15) is 31.9 Å². The van der Waals surface area contributed by atoms with E-state index in [4.69, 9.17) is 16.0 Å². The van der Waals surface area contributed by atoms with Crippen LogP contribution in [0.25, 0.3) is 10.9 Å². The van der Waals surface area contributed by atoms with Crippen molar-refractivity contribution in [3.8, 4) is 5.75 Å². The lowest BCUT2D eigenvalue weighted by Crippen LogP contribution is -2.62. The molecule has 0 aliphatic carbocycles. The van der Waals surface area contributed by atoms with Crippen LogP contribution in [0.2, 0.25) is 0 Å². The minimum Gasteiger partial charge on any atom is -0.481 e. The number of aromatic amines is 1. The number of nitrogens with one attached hydrogen (secondary N) is 6. The first kappa shape index (κ1) is 63.0. The number of imide groups is 1. The van der Waals surface area contributed by atoms with E-state index >= 15 is 0 Å². The van der Waals surface area contributed by atoms with Gasteiger partial charge >= 0.3 is 22.3 Å². The first-order valence-corrected chi connectivity index (χ1v) is 28.2. The number of para-hydroxylation sites is 1. The fraction of sp³-hybridized carbons (Fsp3) is 0.400. The fourth-order valence-corrected chi connectivity index (χ4v) is 9.18. The molecule has 0 radical (unpaired) electrons. The highest BCUT2D eigenvalue weighted by molar-refractivity contribution is 7.98. The number of nitrogens with two attached hydrogens (primary N) is 2. The zero-order valence-corrected chi connectivity index (χ0v) is 45.1.